The number of rotatable bonds is 3. The van der Waals surface area contributed by atoms with Gasteiger partial charge in [0.25, 0.3) is 10.0 Å². The van der Waals surface area contributed by atoms with Crippen molar-refractivity contribution in [1.29, 1.82) is 0 Å². The van der Waals surface area contributed by atoms with Crippen molar-refractivity contribution < 1.29 is 13.2 Å². The maximum Gasteiger partial charge on any atom is 0.262 e. The molecule has 144 valence electrons. The highest BCUT2D eigenvalue weighted by Crippen LogP contribution is 2.33. The average Bonchev–Trinajstić information content (AvgIpc) is 2.61. The molecule has 0 aromatic heterocycles. The van der Waals surface area contributed by atoms with Crippen molar-refractivity contribution in [1.82, 2.24) is 0 Å². The molecule has 0 bridgehead atoms. The molecule has 1 heterocycles. The molecular weight excluding hydrogens is 360 g/mol. The first-order valence-electron chi connectivity index (χ1n) is 9.04. The van der Waals surface area contributed by atoms with Gasteiger partial charge in [-0.3, -0.25) is 9.52 Å². The van der Waals surface area contributed by atoms with Gasteiger partial charge in [-0.2, -0.15) is 0 Å². The number of amides is 1. The van der Waals surface area contributed by atoms with E-state index in [0.717, 1.165) is 39.1 Å². The first-order chi connectivity index (χ1) is 12.5. The summed E-state index contributed by atoms with van der Waals surface area (Å²) >= 11 is 0. The van der Waals surface area contributed by atoms with Crippen LogP contribution in [0.25, 0.3) is 0 Å². The molecule has 5 nitrogen and oxygen atoms in total. The van der Waals surface area contributed by atoms with Crippen LogP contribution >= 0.6 is 0 Å². The van der Waals surface area contributed by atoms with E-state index in [1.165, 1.54) is 0 Å². The zero-order valence-electron chi connectivity index (χ0n) is 16.7. The third kappa shape index (κ3) is 3.23. The van der Waals surface area contributed by atoms with E-state index in [9.17, 15) is 13.2 Å². The van der Waals surface area contributed by atoms with Crippen molar-refractivity contribution in [2.45, 2.75) is 52.4 Å². The first-order valence-corrected chi connectivity index (χ1v) is 10.5. The van der Waals surface area contributed by atoms with E-state index in [2.05, 4.69) is 4.72 Å². The molecule has 0 unspecified atom stereocenters. The third-order valence-electron chi connectivity index (χ3n) is 5.88. The van der Waals surface area contributed by atoms with E-state index in [1.807, 2.05) is 40.7 Å². The fourth-order valence-electron chi connectivity index (χ4n) is 3.79. The smallest absolute Gasteiger partial charge is 0.262 e. The largest absolute Gasteiger partial charge is 0.315 e. The minimum atomic E-state index is -3.72. The van der Waals surface area contributed by atoms with Crippen LogP contribution in [0.2, 0.25) is 0 Å². The molecule has 0 aliphatic carbocycles. The maximum absolute atomic E-state index is 13.2. The van der Waals surface area contributed by atoms with Gasteiger partial charge in [-0.1, -0.05) is 0 Å². The fourth-order valence-corrected chi connectivity index (χ4v) is 5.45. The summed E-state index contributed by atoms with van der Waals surface area (Å²) in [5.41, 5.74) is 7.04. The Balaban J connectivity index is 2.03. The van der Waals surface area contributed by atoms with E-state index in [-0.39, 0.29) is 5.91 Å². The van der Waals surface area contributed by atoms with Crippen molar-refractivity contribution in [2.75, 3.05) is 16.7 Å². The highest BCUT2D eigenvalue weighted by Gasteiger charge is 2.25. The van der Waals surface area contributed by atoms with Crippen LogP contribution in [0.4, 0.5) is 11.4 Å². The summed E-state index contributed by atoms with van der Waals surface area (Å²) in [6, 6.07) is 5.34. The van der Waals surface area contributed by atoms with Gasteiger partial charge in [0.2, 0.25) is 5.91 Å². The number of anilines is 2. The Morgan fingerprint density at radius 2 is 1.44 bits per heavy atom. The van der Waals surface area contributed by atoms with Gasteiger partial charge < -0.3 is 4.90 Å². The van der Waals surface area contributed by atoms with E-state index in [4.69, 9.17) is 0 Å². The van der Waals surface area contributed by atoms with E-state index >= 15 is 0 Å². The second kappa shape index (κ2) is 6.68. The lowest BCUT2D eigenvalue weighted by atomic mass is 9.95. The normalized spacial score (nSPS) is 14.3. The van der Waals surface area contributed by atoms with Crippen LogP contribution < -0.4 is 9.62 Å². The van der Waals surface area contributed by atoms with Crippen LogP contribution in [-0.2, 0) is 21.2 Å². The lowest BCUT2D eigenvalue weighted by Gasteiger charge is -2.26. The van der Waals surface area contributed by atoms with Crippen molar-refractivity contribution >= 4 is 27.3 Å². The monoisotopic (exact) mass is 386 g/mol. The molecule has 0 radical (unpaired) electrons. The quantitative estimate of drug-likeness (QED) is 0.869. The summed E-state index contributed by atoms with van der Waals surface area (Å²) in [6.07, 6.45) is 1.06. The second-order valence-electron chi connectivity index (χ2n) is 7.36. The Morgan fingerprint density at radius 3 is 2.04 bits per heavy atom. The standard InChI is InChI=1S/C21H26N2O3S/c1-12-13(2)15(4)21(16(5)14(12)3)27(25,26)22-18-8-9-19-17(11-18)7-10-20(24)23(19)6/h8-9,11,22H,7,10H2,1-6H3. The highest BCUT2D eigenvalue weighted by molar-refractivity contribution is 7.92. The van der Waals surface area contributed by atoms with Crippen molar-refractivity contribution in [3.63, 3.8) is 0 Å². The van der Waals surface area contributed by atoms with Gasteiger partial charge in [0.05, 0.1) is 4.90 Å². The van der Waals surface area contributed by atoms with Gasteiger partial charge in [0, 0.05) is 24.8 Å². The number of carbonyl (C=O) groups is 1. The summed E-state index contributed by atoms with van der Waals surface area (Å²) in [7, 11) is -1.97. The number of fused-ring (bicyclic) bond motifs is 1. The number of carbonyl (C=O) groups excluding carboxylic acids is 1. The molecular formula is C21H26N2O3S. The van der Waals surface area contributed by atoms with Gasteiger partial charge in [-0.15, -0.1) is 0 Å². The molecule has 1 amide bonds. The van der Waals surface area contributed by atoms with Gasteiger partial charge in [-0.05, 0) is 92.6 Å². The van der Waals surface area contributed by atoms with Crippen LogP contribution in [0.5, 0.6) is 0 Å². The van der Waals surface area contributed by atoms with Crippen molar-refractivity contribution in [3.05, 3.63) is 51.6 Å². The molecule has 1 aliphatic rings. The number of benzene rings is 2. The molecule has 2 aromatic rings. The zero-order valence-corrected chi connectivity index (χ0v) is 17.5. The predicted molar refractivity (Wildman–Crippen MR) is 109 cm³/mol. The van der Waals surface area contributed by atoms with Crippen molar-refractivity contribution in [3.8, 4) is 0 Å². The van der Waals surface area contributed by atoms with Gasteiger partial charge in [-0.25, -0.2) is 8.42 Å². The van der Waals surface area contributed by atoms with Crippen LogP contribution in [0.15, 0.2) is 23.1 Å². The van der Waals surface area contributed by atoms with Crippen LogP contribution in [-0.4, -0.2) is 21.4 Å². The van der Waals surface area contributed by atoms with E-state index in [1.54, 1.807) is 24.1 Å². The summed E-state index contributed by atoms with van der Waals surface area (Å²) in [5.74, 6) is 0.0766. The zero-order chi connectivity index (χ0) is 20.1. The topological polar surface area (TPSA) is 66.5 Å². The molecule has 0 fully saturated rings. The summed E-state index contributed by atoms with van der Waals surface area (Å²) in [5, 5.41) is 0. The number of hydrogen-bond acceptors (Lipinski definition) is 3. The van der Waals surface area contributed by atoms with E-state index < -0.39 is 10.0 Å². The molecule has 1 N–H and O–H groups in total. The lowest BCUT2D eigenvalue weighted by molar-refractivity contribution is -0.118. The van der Waals surface area contributed by atoms with Gasteiger partial charge in [0.1, 0.15) is 0 Å². The Labute approximate surface area is 161 Å². The summed E-state index contributed by atoms with van der Waals surface area (Å²) in [4.78, 5) is 13.8. The SMILES string of the molecule is Cc1c(C)c(C)c(S(=O)(=O)Nc2ccc3c(c2)CCC(=O)N3C)c(C)c1C. The predicted octanol–water partition coefficient (Wildman–Crippen LogP) is 3.94. The molecule has 0 saturated heterocycles. The van der Waals surface area contributed by atoms with Crippen LogP contribution in [0.1, 0.15) is 39.8 Å². The maximum atomic E-state index is 13.2. The first kappa shape index (κ1) is 19.4. The van der Waals surface area contributed by atoms with Gasteiger partial charge in [0.15, 0.2) is 0 Å². The summed E-state index contributed by atoms with van der Waals surface area (Å²) < 4.78 is 29.1. The molecule has 0 spiro atoms. The van der Waals surface area contributed by atoms with Crippen LogP contribution in [0, 0.1) is 34.6 Å². The Kier molecular flexibility index (Phi) is 4.80. The molecule has 3 rings (SSSR count). The molecule has 6 heteroatoms. The third-order valence-corrected chi connectivity index (χ3v) is 7.53. The number of nitrogens with one attached hydrogen (secondary N) is 1. The second-order valence-corrected chi connectivity index (χ2v) is 8.98. The number of sulfonamides is 1. The Bertz CT molecular complexity index is 1030. The number of aryl methyl sites for hydroxylation is 1. The highest BCUT2D eigenvalue weighted by atomic mass is 32.2. The Hall–Kier alpha value is -2.34. The fraction of sp³-hybridized carbons (Fsp3) is 0.381. The molecule has 0 saturated carbocycles. The molecule has 27 heavy (non-hydrogen) atoms. The number of hydrogen-bond donors (Lipinski definition) is 1. The molecule has 0 atom stereocenters. The minimum Gasteiger partial charge on any atom is -0.315 e. The van der Waals surface area contributed by atoms with Gasteiger partial charge >= 0.3 is 0 Å². The van der Waals surface area contributed by atoms with Crippen molar-refractivity contribution in [2.24, 2.45) is 0 Å². The van der Waals surface area contributed by atoms with E-state index in [0.29, 0.717) is 23.4 Å². The molecule has 2 aromatic carbocycles. The lowest BCUT2D eigenvalue weighted by Crippen LogP contribution is -2.31. The Morgan fingerprint density at radius 1 is 0.889 bits per heavy atom. The molecule has 1 aliphatic heterocycles. The minimum absolute atomic E-state index is 0.0766. The average molecular weight is 387 g/mol. The van der Waals surface area contributed by atoms with Crippen LogP contribution in [0.3, 0.4) is 0 Å². The number of nitrogens with zero attached hydrogens (tertiary/aromatic N) is 1. The summed E-state index contributed by atoms with van der Waals surface area (Å²) in [6.45, 7) is 9.66.